The number of likely N-dealkylation sites (tertiary alicyclic amines) is 1. The van der Waals surface area contributed by atoms with Crippen LogP contribution in [0.5, 0.6) is 0 Å². The van der Waals surface area contributed by atoms with Gasteiger partial charge in [0.15, 0.2) is 0 Å². The van der Waals surface area contributed by atoms with Crippen LogP contribution in [0.3, 0.4) is 0 Å². The smallest absolute Gasteiger partial charge is 0.123 e. The van der Waals surface area contributed by atoms with Crippen LogP contribution in [0.1, 0.15) is 31.9 Å². The highest BCUT2D eigenvalue weighted by atomic mass is 19.1. The highest BCUT2D eigenvalue weighted by Gasteiger charge is 2.34. The summed E-state index contributed by atoms with van der Waals surface area (Å²) >= 11 is 0. The molecule has 0 N–H and O–H groups in total. The molecule has 2 fully saturated rings. The Bertz CT molecular complexity index is 482. The third-order valence-corrected chi connectivity index (χ3v) is 4.77. The molecule has 4 heteroatoms. The quantitative estimate of drug-likeness (QED) is 0.832. The molecule has 1 aromatic carbocycles. The second-order valence-corrected chi connectivity index (χ2v) is 7.38. The molecule has 3 nitrogen and oxygen atoms in total. The van der Waals surface area contributed by atoms with Gasteiger partial charge in [0.2, 0.25) is 0 Å². The predicted octanol–water partition coefficient (Wildman–Crippen LogP) is 2.93. The molecule has 1 atom stereocenters. The second-order valence-electron chi connectivity index (χ2n) is 7.38. The van der Waals surface area contributed by atoms with Crippen molar-refractivity contribution in [3.05, 3.63) is 35.6 Å². The van der Waals surface area contributed by atoms with E-state index in [1.54, 1.807) is 12.1 Å². The Kier molecular flexibility index (Phi) is 4.81. The van der Waals surface area contributed by atoms with Crippen molar-refractivity contribution in [2.45, 2.75) is 26.3 Å². The fourth-order valence-electron chi connectivity index (χ4n) is 3.66. The second kappa shape index (κ2) is 6.65. The summed E-state index contributed by atoms with van der Waals surface area (Å²) in [6.45, 7) is 11.9. The van der Waals surface area contributed by atoms with Gasteiger partial charge in [-0.2, -0.15) is 0 Å². The van der Waals surface area contributed by atoms with E-state index in [2.05, 4.69) is 23.6 Å². The van der Waals surface area contributed by atoms with Crippen molar-refractivity contribution >= 4 is 0 Å². The minimum Gasteiger partial charge on any atom is -0.379 e. The summed E-state index contributed by atoms with van der Waals surface area (Å²) in [5.41, 5.74) is 1.51. The first-order valence-electron chi connectivity index (χ1n) is 8.33. The maximum Gasteiger partial charge on any atom is 0.123 e. The Hall–Kier alpha value is -0.970. The van der Waals surface area contributed by atoms with E-state index in [-0.39, 0.29) is 11.2 Å². The summed E-state index contributed by atoms with van der Waals surface area (Å²) in [7, 11) is 0. The molecule has 2 aliphatic heterocycles. The van der Waals surface area contributed by atoms with E-state index in [0.717, 1.165) is 45.9 Å². The van der Waals surface area contributed by atoms with Gasteiger partial charge in [-0.25, -0.2) is 4.39 Å². The van der Waals surface area contributed by atoms with E-state index >= 15 is 0 Å². The zero-order valence-electron chi connectivity index (χ0n) is 13.7. The number of morpholine rings is 1. The van der Waals surface area contributed by atoms with Crippen LogP contribution in [-0.4, -0.2) is 55.7 Å². The summed E-state index contributed by atoms with van der Waals surface area (Å²) in [5.74, 6) is -0.151. The molecule has 1 aromatic rings. The molecule has 0 aliphatic carbocycles. The van der Waals surface area contributed by atoms with Crippen molar-refractivity contribution < 1.29 is 9.13 Å². The molecule has 0 radical (unpaired) electrons. The molecule has 122 valence electrons. The van der Waals surface area contributed by atoms with Crippen LogP contribution in [0.4, 0.5) is 4.39 Å². The molecule has 0 saturated carbocycles. The summed E-state index contributed by atoms with van der Waals surface area (Å²) in [6, 6.07) is 7.47. The Morgan fingerprint density at radius 1 is 1.09 bits per heavy atom. The Labute approximate surface area is 133 Å². The number of ether oxygens (including phenoxy) is 1. The SMILES string of the molecule is CC(C)(CN1CCOCC1)CN1CCC1c1ccc(F)cc1. The van der Waals surface area contributed by atoms with Crippen LogP contribution < -0.4 is 0 Å². The normalized spacial score (nSPS) is 24.2. The Balaban J connectivity index is 1.56. The number of hydrogen-bond acceptors (Lipinski definition) is 3. The zero-order valence-corrected chi connectivity index (χ0v) is 13.7. The van der Waals surface area contributed by atoms with Gasteiger partial charge in [-0.05, 0) is 29.5 Å². The van der Waals surface area contributed by atoms with Gasteiger partial charge in [-0.15, -0.1) is 0 Å². The van der Waals surface area contributed by atoms with E-state index in [4.69, 9.17) is 4.74 Å². The van der Waals surface area contributed by atoms with Gasteiger partial charge in [0.05, 0.1) is 13.2 Å². The number of benzene rings is 1. The van der Waals surface area contributed by atoms with Crippen molar-refractivity contribution in [1.29, 1.82) is 0 Å². The molecular formula is C18H27FN2O. The first kappa shape index (κ1) is 15.9. The third-order valence-electron chi connectivity index (χ3n) is 4.77. The fourth-order valence-corrected chi connectivity index (χ4v) is 3.66. The van der Waals surface area contributed by atoms with E-state index in [9.17, 15) is 4.39 Å². The first-order valence-corrected chi connectivity index (χ1v) is 8.33. The average molecular weight is 306 g/mol. The van der Waals surface area contributed by atoms with Gasteiger partial charge in [-0.1, -0.05) is 26.0 Å². The molecule has 2 saturated heterocycles. The molecule has 0 aromatic heterocycles. The van der Waals surface area contributed by atoms with Crippen LogP contribution in [-0.2, 0) is 4.74 Å². The van der Waals surface area contributed by atoms with E-state index < -0.39 is 0 Å². The summed E-state index contributed by atoms with van der Waals surface area (Å²) in [5, 5.41) is 0. The highest BCUT2D eigenvalue weighted by molar-refractivity contribution is 5.22. The fraction of sp³-hybridized carbons (Fsp3) is 0.667. The standard InChI is InChI=1S/C18H27FN2O/c1-18(2,13-20-9-11-22-12-10-20)14-21-8-7-17(21)15-3-5-16(19)6-4-15/h3-6,17H,7-14H2,1-2H3. The van der Waals surface area contributed by atoms with Gasteiger partial charge >= 0.3 is 0 Å². The van der Waals surface area contributed by atoms with Crippen molar-refractivity contribution in [2.24, 2.45) is 5.41 Å². The van der Waals surface area contributed by atoms with Crippen molar-refractivity contribution in [1.82, 2.24) is 9.80 Å². The Morgan fingerprint density at radius 3 is 2.36 bits per heavy atom. The van der Waals surface area contributed by atoms with Gasteiger partial charge in [0, 0.05) is 38.8 Å². The largest absolute Gasteiger partial charge is 0.379 e. The van der Waals surface area contributed by atoms with Gasteiger partial charge in [0.1, 0.15) is 5.82 Å². The zero-order chi connectivity index (χ0) is 15.6. The van der Waals surface area contributed by atoms with Crippen molar-refractivity contribution in [3.63, 3.8) is 0 Å². The lowest BCUT2D eigenvalue weighted by molar-refractivity contribution is -0.00251. The Morgan fingerprint density at radius 2 is 1.77 bits per heavy atom. The van der Waals surface area contributed by atoms with Crippen LogP contribution in [0.2, 0.25) is 0 Å². The van der Waals surface area contributed by atoms with Crippen LogP contribution in [0.25, 0.3) is 0 Å². The monoisotopic (exact) mass is 306 g/mol. The summed E-state index contributed by atoms with van der Waals surface area (Å²) in [4.78, 5) is 5.05. The lowest BCUT2D eigenvalue weighted by Gasteiger charge is -2.46. The molecule has 0 spiro atoms. The van der Waals surface area contributed by atoms with E-state index in [1.807, 2.05) is 12.1 Å². The predicted molar refractivity (Wildman–Crippen MR) is 86.4 cm³/mol. The topological polar surface area (TPSA) is 15.7 Å². The summed E-state index contributed by atoms with van der Waals surface area (Å²) < 4.78 is 18.5. The average Bonchev–Trinajstić information content (AvgIpc) is 2.47. The maximum atomic E-state index is 13.1. The van der Waals surface area contributed by atoms with Gasteiger partial charge in [0.25, 0.3) is 0 Å². The number of halogens is 1. The molecule has 22 heavy (non-hydrogen) atoms. The molecular weight excluding hydrogens is 279 g/mol. The lowest BCUT2D eigenvalue weighted by atomic mass is 9.86. The molecule has 3 rings (SSSR count). The first-order chi connectivity index (χ1) is 10.5. The molecule has 0 amide bonds. The maximum absolute atomic E-state index is 13.1. The number of nitrogens with zero attached hydrogens (tertiary/aromatic N) is 2. The van der Waals surface area contributed by atoms with Crippen molar-refractivity contribution in [3.8, 4) is 0 Å². The molecule has 2 heterocycles. The number of rotatable bonds is 5. The molecule has 2 aliphatic rings. The molecule has 0 bridgehead atoms. The minimum absolute atomic E-state index is 0.151. The molecule has 1 unspecified atom stereocenters. The summed E-state index contributed by atoms with van der Waals surface area (Å²) in [6.07, 6.45) is 1.18. The number of hydrogen-bond donors (Lipinski definition) is 0. The van der Waals surface area contributed by atoms with Crippen LogP contribution in [0.15, 0.2) is 24.3 Å². The van der Waals surface area contributed by atoms with Gasteiger partial charge in [-0.3, -0.25) is 9.80 Å². The van der Waals surface area contributed by atoms with Crippen LogP contribution in [0, 0.1) is 11.2 Å². The van der Waals surface area contributed by atoms with Crippen molar-refractivity contribution in [2.75, 3.05) is 45.9 Å². The highest BCUT2D eigenvalue weighted by Crippen LogP contribution is 2.36. The third kappa shape index (κ3) is 3.86. The van der Waals surface area contributed by atoms with Gasteiger partial charge < -0.3 is 4.74 Å². The lowest BCUT2D eigenvalue weighted by Crippen LogP contribution is -2.50. The van der Waals surface area contributed by atoms with E-state index in [1.165, 1.54) is 12.0 Å². The van der Waals surface area contributed by atoms with Crippen LogP contribution >= 0.6 is 0 Å². The minimum atomic E-state index is -0.151. The van der Waals surface area contributed by atoms with E-state index in [0.29, 0.717) is 6.04 Å².